The van der Waals surface area contributed by atoms with Crippen LogP contribution in [0.2, 0.25) is 0 Å². The van der Waals surface area contributed by atoms with Gasteiger partial charge in [0, 0.05) is 32.2 Å². The Kier molecular flexibility index (Phi) is 1.92. The minimum atomic E-state index is 0.124. The molecule has 0 aliphatic carbocycles. The molecule has 2 aliphatic rings. The van der Waals surface area contributed by atoms with Gasteiger partial charge in [0.05, 0.1) is 0 Å². The number of nitrogens with one attached hydrogen (secondary N) is 1. The number of likely N-dealkylation sites (N-methyl/N-ethyl adjacent to an activating group) is 1. The summed E-state index contributed by atoms with van der Waals surface area (Å²) in [5.74, 6) is 0. The first-order valence-electron chi connectivity index (χ1n) is 4.50. The van der Waals surface area contributed by atoms with E-state index in [1.54, 1.807) is 0 Å². The van der Waals surface area contributed by atoms with Crippen molar-refractivity contribution in [3.05, 3.63) is 0 Å². The highest BCUT2D eigenvalue weighted by molar-refractivity contribution is 5.75. The highest BCUT2D eigenvalue weighted by Gasteiger charge is 2.31. The normalized spacial score (nSPS) is 31.2. The first-order valence-corrected chi connectivity index (χ1v) is 4.50. The van der Waals surface area contributed by atoms with Crippen molar-refractivity contribution in [3.8, 4) is 0 Å². The summed E-state index contributed by atoms with van der Waals surface area (Å²) in [6, 6.07) is 0.580. The third kappa shape index (κ3) is 1.27. The molecule has 0 aromatic heterocycles. The monoisotopic (exact) mass is 169 g/mol. The molecule has 1 N–H and O–H groups in total. The van der Waals surface area contributed by atoms with Crippen LogP contribution >= 0.6 is 0 Å². The molecule has 2 amide bonds. The van der Waals surface area contributed by atoms with Crippen molar-refractivity contribution in [1.29, 1.82) is 0 Å². The number of piperazine rings is 1. The summed E-state index contributed by atoms with van der Waals surface area (Å²) in [4.78, 5) is 15.6. The van der Waals surface area contributed by atoms with Gasteiger partial charge in [-0.3, -0.25) is 0 Å². The second-order valence-electron chi connectivity index (χ2n) is 3.63. The van der Waals surface area contributed by atoms with Gasteiger partial charge in [0.25, 0.3) is 0 Å². The van der Waals surface area contributed by atoms with Crippen LogP contribution in [0, 0.1) is 0 Å². The first-order chi connectivity index (χ1) is 5.77. The molecular weight excluding hydrogens is 154 g/mol. The Morgan fingerprint density at radius 1 is 1.50 bits per heavy atom. The maximum atomic E-state index is 11.3. The van der Waals surface area contributed by atoms with Gasteiger partial charge < -0.3 is 15.1 Å². The molecule has 2 fully saturated rings. The Labute approximate surface area is 72.5 Å². The third-order valence-corrected chi connectivity index (χ3v) is 2.70. The van der Waals surface area contributed by atoms with Gasteiger partial charge in [-0.25, -0.2) is 4.79 Å². The number of fused-ring (bicyclic) bond motifs is 1. The van der Waals surface area contributed by atoms with Crippen LogP contribution in [0.3, 0.4) is 0 Å². The highest BCUT2D eigenvalue weighted by Crippen LogP contribution is 2.14. The largest absolute Gasteiger partial charge is 0.338 e. The maximum absolute atomic E-state index is 11.3. The Bertz CT molecular complexity index is 195. The molecule has 4 nitrogen and oxygen atoms in total. The molecular formula is C8H15N3O. The van der Waals surface area contributed by atoms with Crippen molar-refractivity contribution in [2.75, 3.05) is 33.2 Å². The van der Waals surface area contributed by atoms with Crippen LogP contribution in [0.4, 0.5) is 4.79 Å². The van der Waals surface area contributed by atoms with E-state index in [0.717, 1.165) is 32.6 Å². The summed E-state index contributed by atoms with van der Waals surface area (Å²) in [6.45, 7) is 3.76. The summed E-state index contributed by atoms with van der Waals surface area (Å²) in [5.41, 5.74) is 0. The van der Waals surface area contributed by atoms with E-state index in [2.05, 4.69) is 17.3 Å². The van der Waals surface area contributed by atoms with Crippen molar-refractivity contribution in [2.45, 2.75) is 12.5 Å². The number of rotatable bonds is 0. The van der Waals surface area contributed by atoms with Gasteiger partial charge in [-0.1, -0.05) is 0 Å². The van der Waals surface area contributed by atoms with Crippen LogP contribution in [-0.4, -0.2) is 55.1 Å². The smallest absolute Gasteiger partial charge is 0.317 e. The van der Waals surface area contributed by atoms with E-state index in [-0.39, 0.29) is 6.03 Å². The van der Waals surface area contributed by atoms with Crippen LogP contribution in [0.5, 0.6) is 0 Å². The van der Waals surface area contributed by atoms with Crippen molar-refractivity contribution >= 4 is 6.03 Å². The Balaban J connectivity index is 2.04. The number of carbonyl (C=O) groups is 1. The summed E-state index contributed by atoms with van der Waals surface area (Å²) in [6.07, 6.45) is 1.09. The molecule has 0 saturated carbocycles. The predicted octanol–water partition coefficient (Wildman–Crippen LogP) is -0.284. The van der Waals surface area contributed by atoms with Gasteiger partial charge in [-0.2, -0.15) is 0 Å². The molecule has 0 aromatic carbocycles. The number of amides is 2. The number of hydrogen-bond acceptors (Lipinski definition) is 2. The predicted molar refractivity (Wildman–Crippen MR) is 46.0 cm³/mol. The van der Waals surface area contributed by atoms with Crippen LogP contribution in [-0.2, 0) is 0 Å². The molecule has 68 valence electrons. The van der Waals surface area contributed by atoms with E-state index >= 15 is 0 Å². The molecule has 1 atom stereocenters. The van der Waals surface area contributed by atoms with Gasteiger partial charge in [0.1, 0.15) is 0 Å². The molecule has 4 heteroatoms. The summed E-state index contributed by atoms with van der Waals surface area (Å²) < 4.78 is 0. The van der Waals surface area contributed by atoms with E-state index in [9.17, 15) is 4.79 Å². The lowest BCUT2D eigenvalue weighted by Crippen LogP contribution is -2.60. The maximum Gasteiger partial charge on any atom is 0.317 e. The van der Waals surface area contributed by atoms with Crippen LogP contribution in [0.25, 0.3) is 0 Å². The summed E-state index contributed by atoms with van der Waals surface area (Å²) in [5, 5.41) is 2.86. The third-order valence-electron chi connectivity index (χ3n) is 2.70. The van der Waals surface area contributed by atoms with E-state index in [1.807, 2.05) is 4.90 Å². The van der Waals surface area contributed by atoms with Crippen LogP contribution < -0.4 is 5.32 Å². The number of hydrogen-bond donors (Lipinski definition) is 1. The second kappa shape index (κ2) is 2.94. The number of urea groups is 1. The van der Waals surface area contributed by atoms with Crippen molar-refractivity contribution in [1.82, 2.24) is 15.1 Å². The number of nitrogens with zero attached hydrogens (tertiary/aromatic N) is 2. The van der Waals surface area contributed by atoms with Gasteiger partial charge >= 0.3 is 6.03 Å². The van der Waals surface area contributed by atoms with Crippen molar-refractivity contribution in [2.24, 2.45) is 0 Å². The fraction of sp³-hybridized carbons (Fsp3) is 0.875. The van der Waals surface area contributed by atoms with E-state index in [1.165, 1.54) is 0 Å². The molecule has 0 spiro atoms. The average Bonchev–Trinajstić information content (AvgIpc) is 2.04. The van der Waals surface area contributed by atoms with Gasteiger partial charge in [0.2, 0.25) is 0 Å². The van der Waals surface area contributed by atoms with Crippen LogP contribution in [0.1, 0.15) is 6.42 Å². The Morgan fingerprint density at radius 3 is 3.17 bits per heavy atom. The SMILES string of the molecule is CN1CCN2C(=O)NCC[C@@H]2C1. The van der Waals surface area contributed by atoms with E-state index < -0.39 is 0 Å². The lowest BCUT2D eigenvalue weighted by atomic mass is 10.1. The Morgan fingerprint density at radius 2 is 2.33 bits per heavy atom. The lowest BCUT2D eigenvalue weighted by Gasteiger charge is -2.42. The minimum absolute atomic E-state index is 0.124. The highest BCUT2D eigenvalue weighted by atomic mass is 16.2. The standard InChI is InChI=1S/C8H15N3O/c1-10-4-5-11-7(6-10)2-3-9-8(11)12/h7H,2-6H2,1H3,(H,9,12)/t7-/m1/s1. The van der Waals surface area contributed by atoms with Crippen LogP contribution in [0.15, 0.2) is 0 Å². The second-order valence-corrected chi connectivity index (χ2v) is 3.63. The molecule has 12 heavy (non-hydrogen) atoms. The van der Waals surface area contributed by atoms with Crippen molar-refractivity contribution in [3.63, 3.8) is 0 Å². The molecule has 2 aliphatic heterocycles. The lowest BCUT2D eigenvalue weighted by molar-refractivity contribution is 0.0907. The first kappa shape index (κ1) is 7.86. The number of carbonyl (C=O) groups excluding carboxylic acids is 1. The quantitative estimate of drug-likeness (QED) is 0.541. The minimum Gasteiger partial charge on any atom is -0.338 e. The zero-order valence-corrected chi connectivity index (χ0v) is 7.42. The molecule has 0 radical (unpaired) electrons. The average molecular weight is 169 g/mol. The van der Waals surface area contributed by atoms with E-state index in [0.29, 0.717) is 6.04 Å². The van der Waals surface area contributed by atoms with E-state index in [4.69, 9.17) is 0 Å². The summed E-state index contributed by atoms with van der Waals surface area (Å²) in [7, 11) is 2.11. The van der Waals surface area contributed by atoms with Gasteiger partial charge in [-0.05, 0) is 13.5 Å². The zero-order chi connectivity index (χ0) is 8.55. The fourth-order valence-electron chi connectivity index (χ4n) is 1.97. The molecule has 0 bridgehead atoms. The topological polar surface area (TPSA) is 35.6 Å². The molecule has 0 unspecified atom stereocenters. The summed E-state index contributed by atoms with van der Waals surface area (Å²) >= 11 is 0. The van der Waals surface area contributed by atoms with Gasteiger partial charge in [0.15, 0.2) is 0 Å². The molecule has 2 rings (SSSR count). The zero-order valence-electron chi connectivity index (χ0n) is 7.42. The van der Waals surface area contributed by atoms with Crippen molar-refractivity contribution < 1.29 is 4.79 Å². The fourth-order valence-corrected chi connectivity index (χ4v) is 1.97. The molecule has 2 heterocycles. The molecule has 0 aromatic rings. The Hall–Kier alpha value is -0.770. The molecule has 2 saturated heterocycles. The van der Waals surface area contributed by atoms with Gasteiger partial charge in [-0.15, -0.1) is 0 Å².